The van der Waals surface area contributed by atoms with Crippen molar-refractivity contribution in [1.29, 1.82) is 10.5 Å². The van der Waals surface area contributed by atoms with Crippen LogP contribution in [0.25, 0.3) is 6.08 Å². The number of rotatable bonds is 10. The normalized spacial score (nSPS) is 16.4. The zero-order valence-corrected chi connectivity index (χ0v) is 22.5. The van der Waals surface area contributed by atoms with Crippen LogP contribution in [0.5, 0.6) is 17.2 Å². The molecule has 0 saturated heterocycles. The molecule has 2 unspecified atom stereocenters. The summed E-state index contributed by atoms with van der Waals surface area (Å²) in [6, 6.07) is 16.2. The molecule has 0 spiro atoms. The molecule has 36 heavy (non-hydrogen) atoms. The van der Waals surface area contributed by atoms with Crippen molar-refractivity contribution in [2.75, 3.05) is 21.3 Å². The predicted octanol–water partition coefficient (Wildman–Crippen LogP) is 7.61. The predicted molar refractivity (Wildman–Crippen MR) is 146 cm³/mol. The van der Waals surface area contributed by atoms with Gasteiger partial charge in [0.15, 0.2) is 5.41 Å². The van der Waals surface area contributed by atoms with Crippen LogP contribution in [-0.4, -0.2) is 21.3 Å². The molecule has 0 heterocycles. The Morgan fingerprint density at radius 3 is 2.31 bits per heavy atom. The average Bonchev–Trinajstić information content (AvgIpc) is 2.93. The molecule has 3 rings (SSSR count). The van der Waals surface area contributed by atoms with Gasteiger partial charge in [-0.1, -0.05) is 36.4 Å². The Morgan fingerprint density at radius 1 is 1.06 bits per heavy atom. The fraction of sp³-hybridized carbons (Fsp3) is 0.333. The van der Waals surface area contributed by atoms with Crippen molar-refractivity contribution in [3.8, 4) is 29.4 Å². The molecule has 5 nitrogen and oxygen atoms in total. The maximum absolute atomic E-state index is 10.2. The molecule has 0 radical (unpaired) electrons. The summed E-state index contributed by atoms with van der Waals surface area (Å²) in [7, 11) is 4.92. The summed E-state index contributed by atoms with van der Waals surface area (Å²) < 4.78 is 17.5. The van der Waals surface area contributed by atoms with Crippen LogP contribution in [0.15, 0.2) is 71.3 Å². The number of nitriles is 2. The molecule has 0 aromatic heterocycles. The van der Waals surface area contributed by atoms with E-state index in [0.29, 0.717) is 11.5 Å². The topological polar surface area (TPSA) is 75.3 Å². The van der Waals surface area contributed by atoms with E-state index in [1.165, 1.54) is 0 Å². The van der Waals surface area contributed by atoms with Gasteiger partial charge in [-0.25, -0.2) is 0 Å². The number of halogens is 1. The molecule has 0 aliphatic heterocycles. The van der Waals surface area contributed by atoms with Crippen LogP contribution >= 0.6 is 15.9 Å². The Labute approximate surface area is 222 Å². The first-order valence-electron chi connectivity index (χ1n) is 11.8. The van der Waals surface area contributed by atoms with Gasteiger partial charge in [0.25, 0.3) is 0 Å². The van der Waals surface area contributed by atoms with Crippen LogP contribution in [-0.2, 0) is 0 Å². The number of ether oxygens (including phenoxy) is 3. The van der Waals surface area contributed by atoms with Crippen molar-refractivity contribution in [1.82, 2.24) is 0 Å². The molecule has 2 atom stereocenters. The molecule has 2 aromatic rings. The van der Waals surface area contributed by atoms with Crippen molar-refractivity contribution in [3.05, 3.63) is 82.4 Å². The molecule has 0 saturated carbocycles. The lowest BCUT2D eigenvalue weighted by molar-refractivity contribution is 0.372. The first-order valence-corrected chi connectivity index (χ1v) is 12.6. The minimum absolute atomic E-state index is 0.0928. The molecule has 6 heteroatoms. The largest absolute Gasteiger partial charge is 0.497 e. The molecule has 2 aromatic carbocycles. The lowest BCUT2D eigenvalue weighted by Crippen LogP contribution is -2.29. The highest BCUT2D eigenvalue weighted by Crippen LogP contribution is 2.51. The number of nitrogens with zero attached hydrogens (tertiary/aromatic N) is 2. The fourth-order valence-electron chi connectivity index (χ4n) is 4.91. The second-order valence-electron chi connectivity index (χ2n) is 8.67. The Morgan fingerprint density at radius 2 is 1.72 bits per heavy atom. The van der Waals surface area contributed by atoms with E-state index in [9.17, 15) is 10.5 Å². The van der Waals surface area contributed by atoms with Crippen LogP contribution in [0.4, 0.5) is 0 Å². The minimum Gasteiger partial charge on any atom is -0.497 e. The summed E-state index contributed by atoms with van der Waals surface area (Å²) in [6.07, 6.45) is 10.8. The van der Waals surface area contributed by atoms with Gasteiger partial charge in [-0.05, 0) is 76.5 Å². The highest BCUT2D eigenvalue weighted by molar-refractivity contribution is 9.10. The van der Waals surface area contributed by atoms with Gasteiger partial charge < -0.3 is 14.2 Å². The van der Waals surface area contributed by atoms with E-state index >= 15 is 0 Å². The third-order valence-electron chi connectivity index (χ3n) is 6.73. The maximum Gasteiger partial charge on any atom is 0.168 e. The Hall–Kier alpha value is -3.48. The standard InChI is InChI=1S/C30H31BrN2O3/c1-5-18-30(19-32,20-33)25-9-7-6-8-23(25)24(15-12-21-10-13-22(34-2)14-11-21)28-26(35-3)16-17-27(36-4)29(28)31/h5,9-17,23-24H,1,6-8,18H2,2-4H3/b15-12+. The quantitative estimate of drug-likeness (QED) is 0.286. The summed E-state index contributed by atoms with van der Waals surface area (Å²) in [6.45, 7) is 3.82. The first-order chi connectivity index (χ1) is 17.5. The third kappa shape index (κ3) is 5.50. The number of allylic oxidation sites excluding steroid dienone is 4. The fourth-order valence-corrected chi connectivity index (χ4v) is 5.66. The van der Waals surface area contributed by atoms with E-state index in [-0.39, 0.29) is 18.3 Å². The van der Waals surface area contributed by atoms with E-state index in [1.54, 1.807) is 27.4 Å². The van der Waals surface area contributed by atoms with E-state index in [1.807, 2.05) is 36.4 Å². The molecule has 186 valence electrons. The third-order valence-corrected chi connectivity index (χ3v) is 7.55. The zero-order valence-electron chi connectivity index (χ0n) is 21.0. The van der Waals surface area contributed by atoms with Gasteiger partial charge in [0.1, 0.15) is 17.2 Å². The molecule has 0 bridgehead atoms. The lowest BCUT2D eigenvalue weighted by Gasteiger charge is -2.36. The monoisotopic (exact) mass is 546 g/mol. The summed E-state index contributed by atoms with van der Waals surface area (Å²) in [5, 5.41) is 20.4. The molecule has 0 fully saturated rings. The van der Waals surface area contributed by atoms with Crippen LogP contribution in [0.3, 0.4) is 0 Å². The van der Waals surface area contributed by atoms with Gasteiger partial charge in [0, 0.05) is 17.9 Å². The minimum atomic E-state index is -1.27. The van der Waals surface area contributed by atoms with Crippen LogP contribution < -0.4 is 14.2 Å². The van der Waals surface area contributed by atoms with E-state index in [0.717, 1.165) is 46.2 Å². The molecule has 0 N–H and O–H groups in total. The van der Waals surface area contributed by atoms with Crippen LogP contribution in [0.1, 0.15) is 42.7 Å². The van der Waals surface area contributed by atoms with E-state index < -0.39 is 5.41 Å². The van der Waals surface area contributed by atoms with Gasteiger partial charge in [0.2, 0.25) is 0 Å². The van der Waals surface area contributed by atoms with Crippen LogP contribution in [0.2, 0.25) is 0 Å². The zero-order chi connectivity index (χ0) is 26.1. The summed E-state index contributed by atoms with van der Waals surface area (Å²) in [5.41, 5.74) is 1.51. The molecule has 1 aliphatic rings. The number of methoxy groups -OCH3 is 3. The van der Waals surface area contributed by atoms with E-state index in [2.05, 4.69) is 52.9 Å². The van der Waals surface area contributed by atoms with Gasteiger partial charge in [0.05, 0.1) is 37.9 Å². The number of hydrogen-bond acceptors (Lipinski definition) is 5. The van der Waals surface area contributed by atoms with Crippen LogP contribution in [0, 0.1) is 34.0 Å². The number of benzene rings is 2. The van der Waals surface area contributed by atoms with Crippen molar-refractivity contribution in [2.24, 2.45) is 11.3 Å². The summed E-state index contributed by atoms with van der Waals surface area (Å²) >= 11 is 3.76. The molecule has 1 aliphatic carbocycles. The summed E-state index contributed by atoms with van der Waals surface area (Å²) in [4.78, 5) is 0. The van der Waals surface area contributed by atoms with Gasteiger partial charge in [-0.2, -0.15) is 10.5 Å². The van der Waals surface area contributed by atoms with Crippen molar-refractivity contribution >= 4 is 22.0 Å². The Kier molecular flexibility index (Phi) is 9.39. The average molecular weight is 547 g/mol. The molecular formula is C30H31BrN2O3. The smallest absolute Gasteiger partial charge is 0.168 e. The van der Waals surface area contributed by atoms with Crippen molar-refractivity contribution in [3.63, 3.8) is 0 Å². The highest BCUT2D eigenvalue weighted by atomic mass is 79.9. The Bertz CT molecular complexity index is 1200. The summed E-state index contributed by atoms with van der Waals surface area (Å²) in [5.74, 6) is 1.90. The van der Waals surface area contributed by atoms with Gasteiger partial charge >= 0.3 is 0 Å². The van der Waals surface area contributed by atoms with Gasteiger partial charge in [-0.15, -0.1) is 6.58 Å². The van der Waals surface area contributed by atoms with Gasteiger partial charge in [-0.3, -0.25) is 0 Å². The SMILES string of the molecule is C=CCC(C#N)(C#N)C1=CCCCC1C(/C=C/c1ccc(OC)cc1)c1c(OC)ccc(OC)c1Br. The highest BCUT2D eigenvalue weighted by Gasteiger charge is 2.42. The second-order valence-corrected chi connectivity index (χ2v) is 9.47. The Balaban J connectivity index is 2.22. The van der Waals surface area contributed by atoms with E-state index in [4.69, 9.17) is 14.2 Å². The maximum atomic E-state index is 10.2. The molecule has 0 amide bonds. The number of hydrogen-bond donors (Lipinski definition) is 0. The second kappa shape index (κ2) is 12.5. The van der Waals surface area contributed by atoms with Crippen molar-refractivity contribution < 1.29 is 14.2 Å². The lowest BCUT2D eigenvalue weighted by atomic mass is 9.65. The molecular weight excluding hydrogens is 516 g/mol. The first kappa shape index (κ1) is 27.1. The van der Waals surface area contributed by atoms with Crippen molar-refractivity contribution in [2.45, 2.75) is 31.6 Å².